The molecule has 1 aliphatic rings. The lowest BCUT2D eigenvalue weighted by molar-refractivity contribution is -0.192. The first kappa shape index (κ1) is 22.2. The molecule has 1 atom stereocenters. The van der Waals surface area contributed by atoms with E-state index in [1.165, 1.54) is 5.69 Å². The van der Waals surface area contributed by atoms with E-state index in [-0.39, 0.29) is 0 Å². The Morgan fingerprint density at radius 2 is 2.11 bits per heavy atom. The minimum atomic E-state index is -5.08. The number of ether oxygens (including phenoxy) is 1. The Bertz CT molecular complexity index is 763. The van der Waals surface area contributed by atoms with E-state index in [0.29, 0.717) is 5.92 Å². The van der Waals surface area contributed by atoms with E-state index in [1.54, 1.807) is 11.3 Å². The van der Waals surface area contributed by atoms with Crippen molar-refractivity contribution in [3.63, 3.8) is 0 Å². The summed E-state index contributed by atoms with van der Waals surface area (Å²) in [7, 11) is 0. The number of aliphatic carboxylic acids is 1. The molecule has 2 aromatic rings. The number of aromatic nitrogens is 3. The van der Waals surface area contributed by atoms with Gasteiger partial charge in [-0.2, -0.15) is 13.2 Å². The van der Waals surface area contributed by atoms with E-state index in [4.69, 9.17) is 14.6 Å². The summed E-state index contributed by atoms with van der Waals surface area (Å²) in [5.41, 5.74) is 1.35. The Hall–Kier alpha value is -2.14. The number of halogens is 3. The van der Waals surface area contributed by atoms with Crippen LogP contribution in [0.15, 0.2) is 18.3 Å². The Kier molecular flexibility index (Phi) is 7.81. The number of fused-ring (bicyclic) bond motifs is 1. The van der Waals surface area contributed by atoms with Crippen LogP contribution in [0.2, 0.25) is 0 Å². The molecule has 0 fully saturated rings. The molecule has 1 aliphatic heterocycles. The number of carboxylic acid groups (broad SMARTS) is 1. The average Bonchev–Trinajstić information content (AvgIpc) is 3.19. The second-order valence-electron chi connectivity index (χ2n) is 6.29. The van der Waals surface area contributed by atoms with Crippen LogP contribution in [-0.4, -0.2) is 51.8 Å². The number of hydrogen-bond acceptors (Lipinski definition) is 6. The number of anilines is 1. The van der Waals surface area contributed by atoms with Crippen LogP contribution >= 0.6 is 11.3 Å². The molecule has 1 N–H and O–H groups in total. The number of nitrogens with zero attached hydrogens (tertiary/aromatic N) is 4. The van der Waals surface area contributed by atoms with Crippen molar-refractivity contribution < 1.29 is 27.8 Å². The highest BCUT2D eigenvalue weighted by Gasteiger charge is 2.38. The zero-order valence-corrected chi connectivity index (χ0v) is 16.5. The average molecular weight is 420 g/mol. The third kappa shape index (κ3) is 6.48. The zero-order valence-electron chi connectivity index (χ0n) is 15.6. The molecule has 11 heteroatoms. The Labute approximate surface area is 164 Å². The number of hydrogen-bond donors (Lipinski definition) is 1. The van der Waals surface area contributed by atoms with Gasteiger partial charge < -0.3 is 19.3 Å². The number of rotatable bonds is 5. The highest BCUT2D eigenvalue weighted by atomic mass is 32.1. The molecule has 0 radical (unpaired) electrons. The molecule has 0 saturated heterocycles. The number of carboxylic acids is 1. The number of carbonyl (C=O) groups is 1. The van der Waals surface area contributed by atoms with E-state index >= 15 is 0 Å². The van der Waals surface area contributed by atoms with Crippen molar-refractivity contribution >= 4 is 22.4 Å². The summed E-state index contributed by atoms with van der Waals surface area (Å²) in [5, 5.41) is 17.7. The molecule has 0 spiro atoms. The van der Waals surface area contributed by atoms with Crippen LogP contribution in [0.25, 0.3) is 0 Å². The molecule has 0 aromatic carbocycles. The molecule has 156 valence electrons. The van der Waals surface area contributed by atoms with Crippen molar-refractivity contribution in [2.24, 2.45) is 5.92 Å². The molecule has 3 rings (SSSR count). The van der Waals surface area contributed by atoms with Gasteiger partial charge in [0.25, 0.3) is 0 Å². The van der Waals surface area contributed by atoms with Crippen LogP contribution in [0.1, 0.15) is 24.0 Å². The van der Waals surface area contributed by atoms with Crippen LogP contribution in [-0.2, 0) is 22.6 Å². The minimum Gasteiger partial charge on any atom is -0.475 e. The van der Waals surface area contributed by atoms with Crippen LogP contribution in [0.4, 0.5) is 18.3 Å². The van der Waals surface area contributed by atoms with Gasteiger partial charge in [-0.25, -0.2) is 4.79 Å². The maximum Gasteiger partial charge on any atom is 0.490 e. The lowest BCUT2D eigenvalue weighted by Gasteiger charge is -2.23. The van der Waals surface area contributed by atoms with Gasteiger partial charge in [0.2, 0.25) is 5.13 Å². The maximum absolute atomic E-state index is 10.6. The van der Waals surface area contributed by atoms with E-state index in [9.17, 15) is 13.2 Å². The van der Waals surface area contributed by atoms with Gasteiger partial charge >= 0.3 is 12.1 Å². The Balaban J connectivity index is 0.000000345. The molecule has 1 unspecified atom stereocenters. The highest BCUT2D eigenvalue weighted by molar-refractivity contribution is 7.15. The minimum absolute atomic E-state index is 0.578. The van der Waals surface area contributed by atoms with Gasteiger partial charge in [0, 0.05) is 38.2 Å². The molecule has 0 saturated carbocycles. The Morgan fingerprint density at radius 1 is 1.39 bits per heavy atom. The largest absolute Gasteiger partial charge is 0.490 e. The van der Waals surface area contributed by atoms with Gasteiger partial charge in [-0.3, -0.25) is 0 Å². The van der Waals surface area contributed by atoms with Crippen LogP contribution < -0.4 is 4.90 Å². The summed E-state index contributed by atoms with van der Waals surface area (Å²) < 4.78 is 39.6. The second kappa shape index (κ2) is 9.87. The van der Waals surface area contributed by atoms with Crippen molar-refractivity contribution in [2.45, 2.75) is 39.5 Å². The van der Waals surface area contributed by atoms with Crippen molar-refractivity contribution in [1.29, 1.82) is 0 Å². The maximum atomic E-state index is 10.6. The van der Waals surface area contributed by atoms with Crippen LogP contribution in [0.5, 0.6) is 0 Å². The van der Waals surface area contributed by atoms with Gasteiger partial charge in [-0.05, 0) is 38.3 Å². The summed E-state index contributed by atoms with van der Waals surface area (Å²) in [4.78, 5) is 11.3. The van der Waals surface area contributed by atoms with Gasteiger partial charge in [0.15, 0.2) is 0 Å². The van der Waals surface area contributed by atoms with E-state index < -0.39 is 12.1 Å². The molecule has 2 aromatic heterocycles. The topological polar surface area (TPSA) is 80.5 Å². The third-order valence-electron chi connectivity index (χ3n) is 4.11. The summed E-state index contributed by atoms with van der Waals surface area (Å²) >= 11 is 1.67. The first-order valence-electron chi connectivity index (χ1n) is 8.77. The van der Waals surface area contributed by atoms with Gasteiger partial charge in [0.05, 0.1) is 6.54 Å². The summed E-state index contributed by atoms with van der Waals surface area (Å²) in [5.74, 6) is -2.18. The summed E-state index contributed by atoms with van der Waals surface area (Å²) in [6, 6.07) is 4.33. The quantitative estimate of drug-likeness (QED) is 0.748. The first-order chi connectivity index (χ1) is 13.2. The normalized spacial score (nSPS) is 16.8. The predicted molar refractivity (Wildman–Crippen MR) is 98.4 cm³/mol. The van der Waals surface area contributed by atoms with Crippen molar-refractivity contribution in [3.8, 4) is 0 Å². The molecule has 3 heterocycles. The van der Waals surface area contributed by atoms with Gasteiger partial charge in [-0.1, -0.05) is 11.3 Å². The van der Waals surface area contributed by atoms with Gasteiger partial charge in [-0.15, -0.1) is 10.2 Å². The van der Waals surface area contributed by atoms with Crippen molar-refractivity contribution in [1.82, 2.24) is 14.8 Å². The van der Waals surface area contributed by atoms with Crippen molar-refractivity contribution in [3.05, 3.63) is 29.0 Å². The summed E-state index contributed by atoms with van der Waals surface area (Å²) in [6.07, 6.45) is -1.82. The first-order valence-corrected chi connectivity index (χ1v) is 9.59. The number of alkyl halides is 3. The fraction of sp³-hybridized carbons (Fsp3) is 0.588. The highest BCUT2D eigenvalue weighted by Crippen LogP contribution is 2.27. The lowest BCUT2D eigenvalue weighted by atomic mass is 10.1. The molecule has 0 aliphatic carbocycles. The number of aryl methyl sites for hydroxylation is 1. The lowest BCUT2D eigenvalue weighted by Crippen LogP contribution is -2.28. The fourth-order valence-electron chi connectivity index (χ4n) is 2.82. The monoisotopic (exact) mass is 420 g/mol. The molecule has 7 nitrogen and oxygen atoms in total. The second-order valence-corrected chi connectivity index (χ2v) is 7.45. The molecule has 0 bridgehead atoms. The fourth-order valence-corrected chi connectivity index (χ4v) is 3.51. The third-order valence-corrected chi connectivity index (χ3v) is 5.01. The summed E-state index contributed by atoms with van der Waals surface area (Å²) in [6.45, 7) is 8.67. The Morgan fingerprint density at radius 3 is 2.68 bits per heavy atom. The molecule has 0 amide bonds. The SMILES string of the molecule is CCOCCC1CN(c2nnc(C)s2)Cc2cccn2C1.O=C(O)C(F)(F)F. The van der Waals surface area contributed by atoms with Crippen molar-refractivity contribution in [2.75, 3.05) is 24.7 Å². The van der Waals surface area contributed by atoms with E-state index in [2.05, 4.69) is 38.0 Å². The van der Waals surface area contributed by atoms with Crippen LogP contribution in [0.3, 0.4) is 0 Å². The molecule has 28 heavy (non-hydrogen) atoms. The zero-order chi connectivity index (χ0) is 20.7. The predicted octanol–water partition coefficient (Wildman–Crippen LogP) is 3.34. The van der Waals surface area contributed by atoms with E-state index in [1.807, 2.05) is 13.8 Å². The van der Waals surface area contributed by atoms with Gasteiger partial charge in [0.1, 0.15) is 5.01 Å². The molecular formula is C17H23F3N4O3S. The van der Waals surface area contributed by atoms with Crippen LogP contribution in [0, 0.1) is 12.8 Å². The molecular weight excluding hydrogens is 397 g/mol. The smallest absolute Gasteiger partial charge is 0.475 e. The van der Waals surface area contributed by atoms with E-state index in [0.717, 1.165) is 49.4 Å². The standard InChI is InChI=1S/C15H22N4OS.C2HF3O2/c1-3-20-8-6-13-9-18-7-4-5-14(18)11-19(10-13)15-17-16-12(2)21-15;3-2(4,5)1(6)7/h4-5,7,13H,3,6,8-11H2,1-2H3;(H,6,7).